The molecule has 1 N–H and O–H groups in total. The van der Waals surface area contributed by atoms with Gasteiger partial charge in [-0.3, -0.25) is 0 Å². The third kappa shape index (κ3) is 2.04. The van der Waals surface area contributed by atoms with Crippen molar-refractivity contribution >= 4 is 11.3 Å². The zero-order valence-electron chi connectivity index (χ0n) is 6.03. The molecule has 3 nitrogen and oxygen atoms in total. The van der Waals surface area contributed by atoms with Gasteiger partial charge in [0.15, 0.2) is 0 Å². The van der Waals surface area contributed by atoms with E-state index in [0.717, 1.165) is 10.0 Å². The highest BCUT2D eigenvalue weighted by molar-refractivity contribution is 7.11. The zero-order chi connectivity index (χ0) is 7.56. The molecule has 1 aromatic rings. The van der Waals surface area contributed by atoms with Crippen LogP contribution >= 0.6 is 11.3 Å². The molecule has 1 atom stereocenters. The molecular weight excluding hydrogens is 148 g/mol. The number of hydrogen-bond donors (Lipinski definition) is 1. The lowest BCUT2D eigenvalue weighted by Crippen LogP contribution is -2.03. The molecule has 0 aromatic carbocycles. The Bertz CT molecular complexity index is 209. The number of rotatable bonds is 2. The normalized spacial score (nSPS) is 13.5. The predicted molar refractivity (Wildman–Crippen MR) is 40.0 cm³/mol. The van der Waals surface area contributed by atoms with Gasteiger partial charge >= 0.3 is 0 Å². The number of aryl methyl sites for hydroxylation is 1. The Labute approximate surface area is 63.7 Å². The molecule has 0 spiro atoms. The Hall–Kier alpha value is -0.480. The van der Waals surface area contributed by atoms with E-state index in [9.17, 15) is 0 Å². The van der Waals surface area contributed by atoms with Crippen molar-refractivity contribution in [3.05, 3.63) is 10.0 Å². The van der Waals surface area contributed by atoms with Crippen LogP contribution in [0.5, 0.6) is 0 Å². The molecule has 0 saturated carbocycles. The van der Waals surface area contributed by atoms with Crippen molar-refractivity contribution in [3.8, 4) is 0 Å². The van der Waals surface area contributed by atoms with Crippen molar-refractivity contribution in [1.82, 2.24) is 10.2 Å². The summed E-state index contributed by atoms with van der Waals surface area (Å²) in [4.78, 5) is 0. The Balaban J connectivity index is 2.58. The molecule has 1 heterocycles. The third-order valence-electron chi connectivity index (χ3n) is 1.04. The first-order chi connectivity index (χ1) is 4.68. The van der Waals surface area contributed by atoms with Crippen LogP contribution in [0.2, 0.25) is 0 Å². The molecule has 1 unspecified atom stereocenters. The summed E-state index contributed by atoms with van der Waals surface area (Å²) in [5, 5.41) is 18.5. The first kappa shape index (κ1) is 7.63. The van der Waals surface area contributed by atoms with Gasteiger partial charge in [-0.05, 0) is 13.8 Å². The maximum atomic E-state index is 8.95. The number of hydrogen-bond acceptors (Lipinski definition) is 4. The molecule has 10 heavy (non-hydrogen) atoms. The molecule has 1 aromatic heterocycles. The van der Waals surface area contributed by atoms with Gasteiger partial charge in [0, 0.05) is 6.42 Å². The molecule has 0 aliphatic carbocycles. The van der Waals surface area contributed by atoms with Crippen LogP contribution in [-0.2, 0) is 6.42 Å². The van der Waals surface area contributed by atoms with E-state index in [1.54, 1.807) is 6.92 Å². The minimum atomic E-state index is -0.313. The van der Waals surface area contributed by atoms with E-state index in [1.165, 1.54) is 11.3 Å². The monoisotopic (exact) mass is 158 g/mol. The minimum Gasteiger partial charge on any atom is -0.393 e. The first-order valence-corrected chi connectivity index (χ1v) is 3.97. The van der Waals surface area contributed by atoms with Crippen LogP contribution in [0.1, 0.15) is 16.9 Å². The second-order valence-electron chi connectivity index (χ2n) is 2.27. The lowest BCUT2D eigenvalue weighted by Gasteiger charge is -1.96. The van der Waals surface area contributed by atoms with E-state index in [1.807, 2.05) is 6.92 Å². The van der Waals surface area contributed by atoms with Gasteiger partial charge in [-0.25, -0.2) is 0 Å². The van der Waals surface area contributed by atoms with E-state index in [4.69, 9.17) is 5.11 Å². The van der Waals surface area contributed by atoms with Gasteiger partial charge in [-0.1, -0.05) is 0 Å². The fourth-order valence-electron chi connectivity index (χ4n) is 0.673. The molecule has 0 radical (unpaired) electrons. The van der Waals surface area contributed by atoms with Crippen molar-refractivity contribution in [1.29, 1.82) is 0 Å². The summed E-state index contributed by atoms with van der Waals surface area (Å²) in [5.41, 5.74) is 0. The van der Waals surface area contributed by atoms with Gasteiger partial charge in [0.25, 0.3) is 0 Å². The maximum absolute atomic E-state index is 8.95. The summed E-state index contributed by atoms with van der Waals surface area (Å²) in [7, 11) is 0. The van der Waals surface area contributed by atoms with Crippen LogP contribution in [0.4, 0.5) is 0 Å². The predicted octanol–water partition coefficient (Wildman–Crippen LogP) is 0.770. The molecule has 1 rings (SSSR count). The highest BCUT2D eigenvalue weighted by atomic mass is 32.1. The molecule has 0 amide bonds. The zero-order valence-corrected chi connectivity index (χ0v) is 6.85. The second kappa shape index (κ2) is 3.07. The minimum absolute atomic E-state index is 0.313. The molecular formula is C6H10N2OS. The van der Waals surface area contributed by atoms with Gasteiger partial charge in [0.05, 0.1) is 6.10 Å². The summed E-state index contributed by atoms with van der Waals surface area (Å²) in [6.07, 6.45) is 0.304. The summed E-state index contributed by atoms with van der Waals surface area (Å²) in [6, 6.07) is 0. The third-order valence-corrected chi connectivity index (χ3v) is 1.90. The quantitative estimate of drug-likeness (QED) is 0.691. The van der Waals surface area contributed by atoms with Gasteiger partial charge in [0.2, 0.25) is 0 Å². The van der Waals surface area contributed by atoms with E-state index >= 15 is 0 Å². The topological polar surface area (TPSA) is 46.0 Å². The fourth-order valence-corrected chi connectivity index (χ4v) is 1.50. The first-order valence-electron chi connectivity index (χ1n) is 3.15. The van der Waals surface area contributed by atoms with Crippen LogP contribution in [-0.4, -0.2) is 21.4 Å². The maximum Gasteiger partial charge on any atom is 0.120 e. The van der Waals surface area contributed by atoms with Gasteiger partial charge in [0.1, 0.15) is 10.0 Å². The molecule has 0 aliphatic rings. The summed E-state index contributed by atoms with van der Waals surface area (Å²) in [6.45, 7) is 3.65. The van der Waals surface area contributed by atoms with Crippen molar-refractivity contribution in [3.63, 3.8) is 0 Å². The lowest BCUT2D eigenvalue weighted by molar-refractivity contribution is 0.195. The van der Waals surface area contributed by atoms with E-state index in [-0.39, 0.29) is 6.10 Å². The SMILES string of the molecule is Cc1nnc(CC(C)O)s1. The Morgan fingerprint density at radius 2 is 2.30 bits per heavy atom. The average Bonchev–Trinajstić information content (AvgIpc) is 2.13. The van der Waals surface area contributed by atoms with E-state index < -0.39 is 0 Å². The van der Waals surface area contributed by atoms with Gasteiger partial charge in [-0.2, -0.15) is 0 Å². The highest BCUT2D eigenvalue weighted by Gasteiger charge is 2.02. The largest absolute Gasteiger partial charge is 0.393 e. The molecule has 0 fully saturated rings. The Morgan fingerprint density at radius 1 is 1.60 bits per heavy atom. The molecule has 4 heteroatoms. The number of aromatic nitrogens is 2. The lowest BCUT2D eigenvalue weighted by atomic mass is 10.3. The van der Waals surface area contributed by atoms with Crippen LogP contribution < -0.4 is 0 Å². The van der Waals surface area contributed by atoms with E-state index in [0.29, 0.717) is 6.42 Å². The van der Waals surface area contributed by atoms with Crippen LogP contribution in [0.3, 0.4) is 0 Å². The van der Waals surface area contributed by atoms with Crippen molar-refractivity contribution in [2.24, 2.45) is 0 Å². The number of nitrogens with zero attached hydrogens (tertiary/aromatic N) is 2. The molecule has 56 valence electrons. The summed E-state index contributed by atoms with van der Waals surface area (Å²) in [5.74, 6) is 0. The smallest absolute Gasteiger partial charge is 0.120 e. The molecule has 0 bridgehead atoms. The van der Waals surface area contributed by atoms with E-state index in [2.05, 4.69) is 10.2 Å². The Morgan fingerprint density at radius 3 is 2.70 bits per heavy atom. The number of aliphatic hydroxyl groups is 1. The van der Waals surface area contributed by atoms with Gasteiger partial charge < -0.3 is 5.11 Å². The molecule has 0 saturated heterocycles. The highest BCUT2D eigenvalue weighted by Crippen LogP contribution is 2.09. The van der Waals surface area contributed by atoms with Crippen molar-refractivity contribution in [2.45, 2.75) is 26.4 Å². The summed E-state index contributed by atoms with van der Waals surface area (Å²) >= 11 is 1.53. The summed E-state index contributed by atoms with van der Waals surface area (Å²) < 4.78 is 0. The second-order valence-corrected chi connectivity index (χ2v) is 3.53. The average molecular weight is 158 g/mol. The van der Waals surface area contributed by atoms with Crippen LogP contribution in [0.25, 0.3) is 0 Å². The standard InChI is InChI=1S/C6H10N2OS/c1-4(9)3-6-8-7-5(2)10-6/h4,9H,3H2,1-2H3. The fraction of sp³-hybridized carbons (Fsp3) is 0.667. The van der Waals surface area contributed by atoms with Crippen LogP contribution in [0, 0.1) is 6.92 Å². The molecule has 0 aliphatic heterocycles. The Kier molecular flexibility index (Phi) is 2.34. The van der Waals surface area contributed by atoms with Crippen LogP contribution in [0.15, 0.2) is 0 Å². The number of aliphatic hydroxyl groups excluding tert-OH is 1. The van der Waals surface area contributed by atoms with Crippen molar-refractivity contribution < 1.29 is 5.11 Å². The van der Waals surface area contributed by atoms with Crippen molar-refractivity contribution in [2.75, 3.05) is 0 Å². The van der Waals surface area contributed by atoms with Gasteiger partial charge in [-0.15, -0.1) is 21.5 Å².